The number of aromatic nitrogens is 1. The summed E-state index contributed by atoms with van der Waals surface area (Å²) in [6.07, 6.45) is 4.22. The molecule has 2 aromatic rings. The van der Waals surface area contributed by atoms with Crippen LogP contribution < -0.4 is 5.73 Å². The highest BCUT2D eigenvalue weighted by molar-refractivity contribution is 5.29. The van der Waals surface area contributed by atoms with E-state index in [1.807, 2.05) is 6.92 Å². The van der Waals surface area contributed by atoms with Gasteiger partial charge in [-0.05, 0) is 38.0 Å². The molecule has 2 N–H and O–H groups in total. The van der Waals surface area contributed by atoms with Crippen LogP contribution in [0.25, 0.3) is 0 Å². The van der Waals surface area contributed by atoms with Crippen LogP contribution in [0, 0.1) is 13.8 Å². The molecule has 0 fully saturated rings. The molecular weight excluding hydrogens is 208 g/mol. The van der Waals surface area contributed by atoms with Crippen molar-refractivity contribution in [2.24, 2.45) is 5.73 Å². The second-order valence-electron chi connectivity index (χ2n) is 4.90. The van der Waals surface area contributed by atoms with Crippen molar-refractivity contribution in [3.8, 4) is 0 Å². The molecule has 0 saturated carbocycles. The van der Waals surface area contributed by atoms with Crippen molar-refractivity contribution in [1.29, 1.82) is 0 Å². The largest absolute Gasteiger partial charge is 0.350 e. The number of benzene rings is 1. The summed E-state index contributed by atoms with van der Waals surface area (Å²) < 4.78 is 2.19. The Bertz CT molecular complexity index is 489. The molecule has 0 aliphatic rings. The fourth-order valence-corrected chi connectivity index (χ4v) is 2.20. The van der Waals surface area contributed by atoms with Gasteiger partial charge < -0.3 is 10.3 Å². The van der Waals surface area contributed by atoms with E-state index in [0.717, 1.165) is 6.54 Å². The number of aryl methyl sites for hydroxylation is 2. The molecule has 90 valence electrons. The van der Waals surface area contributed by atoms with Crippen molar-refractivity contribution in [3.63, 3.8) is 0 Å². The normalized spacial score (nSPS) is 12.7. The zero-order chi connectivity index (χ0) is 12.4. The zero-order valence-electron chi connectivity index (χ0n) is 10.8. The van der Waals surface area contributed by atoms with E-state index in [1.54, 1.807) is 0 Å². The van der Waals surface area contributed by atoms with Crippen LogP contribution in [0.3, 0.4) is 0 Å². The number of hydrogen-bond donors (Lipinski definition) is 1. The first-order chi connectivity index (χ1) is 8.04. The van der Waals surface area contributed by atoms with Gasteiger partial charge in [0.05, 0.1) is 0 Å². The van der Waals surface area contributed by atoms with E-state index in [-0.39, 0.29) is 6.04 Å². The molecule has 2 heteroatoms. The lowest BCUT2D eigenvalue weighted by Gasteiger charge is -2.06. The molecular formula is C15H20N2. The van der Waals surface area contributed by atoms with E-state index >= 15 is 0 Å². The fourth-order valence-electron chi connectivity index (χ4n) is 2.20. The molecule has 1 aromatic heterocycles. The second-order valence-corrected chi connectivity index (χ2v) is 4.90. The lowest BCUT2D eigenvalue weighted by Crippen LogP contribution is -2.04. The highest BCUT2D eigenvalue weighted by Gasteiger charge is 2.02. The average molecular weight is 228 g/mol. The Labute approximate surface area is 103 Å². The molecule has 1 atom stereocenters. The van der Waals surface area contributed by atoms with Crippen LogP contribution in [0.15, 0.2) is 36.7 Å². The molecule has 1 heterocycles. The molecule has 0 spiro atoms. The summed E-state index contributed by atoms with van der Waals surface area (Å²) in [4.78, 5) is 0. The van der Waals surface area contributed by atoms with E-state index in [0.29, 0.717) is 0 Å². The maximum atomic E-state index is 5.86. The third-order valence-corrected chi connectivity index (χ3v) is 2.95. The van der Waals surface area contributed by atoms with Crippen molar-refractivity contribution in [2.75, 3.05) is 0 Å². The van der Waals surface area contributed by atoms with Gasteiger partial charge in [-0.2, -0.15) is 0 Å². The van der Waals surface area contributed by atoms with Crippen LogP contribution >= 0.6 is 0 Å². The van der Waals surface area contributed by atoms with Gasteiger partial charge in [0.25, 0.3) is 0 Å². The van der Waals surface area contributed by atoms with Crippen molar-refractivity contribution >= 4 is 0 Å². The molecule has 1 unspecified atom stereocenters. The van der Waals surface area contributed by atoms with Gasteiger partial charge in [0, 0.05) is 25.0 Å². The van der Waals surface area contributed by atoms with E-state index < -0.39 is 0 Å². The van der Waals surface area contributed by atoms with Gasteiger partial charge in [0.1, 0.15) is 0 Å². The third-order valence-electron chi connectivity index (χ3n) is 2.95. The number of rotatable bonds is 3. The molecule has 2 rings (SSSR count). The van der Waals surface area contributed by atoms with Crippen LogP contribution in [0.5, 0.6) is 0 Å². The van der Waals surface area contributed by atoms with Crippen LogP contribution in [0.2, 0.25) is 0 Å². The smallest absolute Gasteiger partial charge is 0.0470 e. The van der Waals surface area contributed by atoms with Gasteiger partial charge in [-0.1, -0.05) is 29.3 Å². The van der Waals surface area contributed by atoms with Gasteiger partial charge >= 0.3 is 0 Å². The molecule has 0 amide bonds. The predicted molar refractivity (Wildman–Crippen MR) is 72.1 cm³/mol. The summed E-state index contributed by atoms with van der Waals surface area (Å²) in [5, 5.41) is 0. The topological polar surface area (TPSA) is 30.9 Å². The zero-order valence-corrected chi connectivity index (χ0v) is 10.8. The molecule has 17 heavy (non-hydrogen) atoms. The Morgan fingerprint density at radius 1 is 1.18 bits per heavy atom. The van der Waals surface area contributed by atoms with Gasteiger partial charge in [0.15, 0.2) is 0 Å². The molecule has 0 saturated heterocycles. The fraction of sp³-hybridized carbons (Fsp3) is 0.333. The van der Waals surface area contributed by atoms with E-state index in [4.69, 9.17) is 5.73 Å². The van der Waals surface area contributed by atoms with Crippen LogP contribution in [-0.2, 0) is 6.54 Å². The maximum absolute atomic E-state index is 5.86. The van der Waals surface area contributed by atoms with Crippen molar-refractivity contribution in [1.82, 2.24) is 4.57 Å². The summed E-state index contributed by atoms with van der Waals surface area (Å²) in [7, 11) is 0. The highest BCUT2D eigenvalue weighted by atomic mass is 14.9. The summed E-state index contributed by atoms with van der Waals surface area (Å²) in [5.74, 6) is 0. The monoisotopic (exact) mass is 228 g/mol. The van der Waals surface area contributed by atoms with Crippen LogP contribution in [-0.4, -0.2) is 4.57 Å². The minimum atomic E-state index is 0.107. The summed E-state index contributed by atoms with van der Waals surface area (Å²) in [6, 6.07) is 8.87. The Morgan fingerprint density at radius 2 is 1.82 bits per heavy atom. The molecule has 0 aliphatic heterocycles. The molecule has 1 aromatic carbocycles. The molecule has 0 bridgehead atoms. The van der Waals surface area contributed by atoms with Crippen molar-refractivity contribution in [3.05, 3.63) is 58.9 Å². The molecule has 0 radical (unpaired) electrons. The van der Waals surface area contributed by atoms with E-state index in [2.05, 4.69) is 55.1 Å². The van der Waals surface area contributed by atoms with Crippen LogP contribution in [0.4, 0.5) is 0 Å². The predicted octanol–water partition coefficient (Wildman–Crippen LogP) is 3.17. The van der Waals surface area contributed by atoms with Gasteiger partial charge in [-0.25, -0.2) is 0 Å². The SMILES string of the molecule is Cc1cc(C)cc(Cn2ccc(C(C)N)c2)c1. The minimum Gasteiger partial charge on any atom is -0.350 e. The van der Waals surface area contributed by atoms with Gasteiger partial charge in [-0.15, -0.1) is 0 Å². The van der Waals surface area contributed by atoms with Gasteiger partial charge in [0.2, 0.25) is 0 Å². The summed E-state index contributed by atoms with van der Waals surface area (Å²) in [6.45, 7) is 7.20. The summed E-state index contributed by atoms with van der Waals surface area (Å²) >= 11 is 0. The Hall–Kier alpha value is -1.54. The third kappa shape index (κ3) is 2.98. The van der Waals surface area contributed by atoms with Crippen LogP contribution in [0.1, 0.15) is 35.2 Å². The van der Waals surface area contributed by atoms with Gasteiger partial charge in [-0.3, -0.25) is 0 Å². The first kappa shape index (κ1) is 11.9. The highest BCUT2D eigenvalue weighted by Crippen LogP contribution is 2.14. The van der Waals surface area contributed by atoms with Crippen molar-refractivity contribution in [2.45, 2.75) is 33.4 Å². The maximum Gasteiger partial charge on any atom is 0.0470 e. The average Bonchev–Trinajstić information content (AvgIpc) is 2.64. The standard InChI is InChI=1S/C15H20N2/c1-11-6-12(2)8-14(7-11)9-17-5-4-15(10-17)13(3)16/h4-8,10,13H,9,16H2,1-3H3. The first-order valence-corrected chi connectivity index (χ1v) is 6.03. The molecule has 2 nitrogen and oxygen atoms in total. The second kappa shape index (κ2) is 4.76. The number of nitrogens with zero attached hydrogens (tertiary/aromatic N) is 1. The Kier molecular flexibility index (Phi) is 3.34. The Balaban J connectivity index is 2.19. The number of nitrogens with two attached hydrogens (primary N) is 1. The quantitative estimate of drug-likeness (QED) is 0.859. The van der Waals surface area contributed by atoms with E-state index in [9.17, 15) is 0 Å². The number of hydrogen-bond acceptors (Lipinski definition) is 1. The van der Waals surface area contributed by atoms with E-state index in [1.165, 1.54) is 22.3 Å². The molecule has 0 aliphatic carbocycles. The summed E-state index contributed by atoms with van der Waals surface area (Å²) in [5.41, 5.74) is 11.0. The lowest BCUT2D eigenvalue weighted by atomic mass is 10.1. The first-order valence-electron chi connectivity index (χ1n) is 6.03. The lowest BCUT2D eigenvalue weighted by molar-refractivity contribution is 0.777. The Morgan fingerprint density at radius 3 is 2.35 bits per heavy atom. The van der Waals surface area contributed by atoms with Crippen molar-refractivity contribution < 1.29 is 0 Å². The minimum absolute atomic E-state index is 0.107.